The van der Waals surface area contributed by atoms with E-state index in [2.05, 4.69) is 35.1 Å². The van der Waals surface area contributed by atoms with Gasteiger partial charge in [0.15, 0.2) is 0 Å². The first-order chi connectivity index (χ1) is 8.59. The Morgan fingerprint density at radius 1 is 1.17 bits per heavy atom. The van der Waals surface area contributed by atoms with Gasteiger partial charge in [0.25, 0.3) is 0 Å². The van der Waals surface area contributed by atoms with Crippen LogP contribution >= 0.6 is 15.9 Å². The van der Waals surface area contributed by atoms with E-state index in [-0.39, 0.29) is 0 Å². The molecule has 102 valence electrons. The summed E-state index contributed by atoms with van der Waals surface area (Å²) in [5.74, 6) is 0.838. The van der Waals surface area contributed by atoms with Crippen LogP contribution in [0.3, 0.4) is 0 Å². The van der Waals surface area contributed by atoms with Crippen LogP contribution in [0.1, 0.15) is 46.0 Å². The van der Waals surface area contributed by atoms with E-state index < -0.39 is 0 Å². The minimum atomic E-state index is 0.818. The molecule has 1 aromatic carbocycles. The normalized spacial score (nSPS) is 10.9. The predicted octanol–water partition coefficient (Wildman–Crippen LogP) is 5.05. The highest BCUT2D eigenvalue weighted by Gasteiger charge is 1.99. The van der Waals surface area contributed by atoms with E-state index in [1.807, 2.05) is 18.2 Å². The molecule has 0 atom stereocenters. The quantitative estimate of drug-likeness (QED) is 0.520. The average Bonchev–Trinajstić information content (AvgIpc) is 2.32. The van der Waals surface area contributed by atoms with Crippen LogP contribution in [0.2, 0.25) is 0 Å². The van der Waals surface area contributed by atoms with Gasteiger partial charge >= 0.3 is 0 Å². The third-order valence-electron chi connectivity index (χ3n) is 3.04. The summed E-state index contributed by atoms with van der Waals surface area (Å²) in [4.78, 5) is 0. The van der Waals surface area contributed by atoms with Crippen molar-refractivity contribution < 1.29 is 0 Å². The first-order valence-corrected chi connectivity index (χ1v) is 7.68. The minimum Gasteiger partial charge on any atom is -0.397 e. The molecule has 0 heterocycles. The van der Waals surface area contributed by atoms with Crippen molar-refractivity contribution in [2.24, 2.45) is 5.92 Å². The van der Waals surface area contributed by atoms with Crippen LogP contribution in [0.5, 0.6) is 0 Å². The van der Waals surface area contributed by atoms with E-state index in [1.165, 1.54) is 32.1 Å². The number of hydrogen-bond donors (Lipinski definition) is 2. The zero-order valence-corrected chi connectivity index (χ0v) is 13.1. The molecule has 0 aliphatic heterocycles. The highest BCUT2D eigenvalue weighted by molar-refractivity contribution is 9.10. The lowest BCUT2D eigenvalue weighted by Crippen LogP contribution is -2.04. The van der Waals surface area contributed by atoms with E-state index in [1.54, 1.807) is 0 Å². The first-order valence-electron chi connectivity index (χ1n) is 6.88. The second-order valence-corrected chi connectivity index (χ2v) is 6.17. The van der Waals surface area contributed by atoms with Crippen LogP contribution in [-0.4, -0.2) is 6.54 Å². The number of hydrogen-bond acceptors (Lipinski definition) is 2. The van der Waals surface area contributed by atoms with Gasteiger partial charge in [0.2, 0.25) is 0 Å². The van der Waals surface area contributed by atoms with Gasteiger partial charge in [-0.05, 0) is 30.5 Å². The fraction of sp³-hybridized carbons (Fsp3) is 0.600. The van der Waals surface area contributed by atoms with Crippen LogP contribution in [0.25, 0.3) is 0 Å². The van der Waals surface area contributed by atoms with E-state index in [0.717, 1.165) is 28.3 Å². The maximum atomic E-state index is 5.90. The van der Waals surface area contributed by atoms with Gasteiger partial charge in [-0.3, -0.25) is 0 Å². The van der Waals surface area contributed by atoms with Gasteiger partial charge in [-0.2, -0.15) is 0 Å². The summed E-state index contributed by atoms with van der Waals surface area (Å²) in [6.45, 7) is 5.58. The van der Waals surface area contributed by atoms with Crippen molar-refractivity contribution in [3.05, 3.63) is 22.7 Å². The molecule has 0 aliphatic rings. The maximum absolute atomic E-state index is 5.90. The molecule has 0 saturated heterocycles. The predicted molar refractivity (Wildman–Crippen MR) is 85.0 cm³/mol. The molecule has 0 aliphatic carbocycles. The highest BCUT2D eigenvalue weighted by atomic mass is 79.9. The van der Waals surface area contributed by atoms with Crippen LogP contribution in [0.15, 0.2) is 22.7 Å². The van der Waals surface area contributed by atoms with Crippen molar-refractivity contribution in [2.45, 2.75) is 46.0 Å². The molecule has 18 heavy (non-hydrogen) atoms. The van der Waals surface area contributed by atoms with E-state index >= 15 is 0 Å². The van der Waals surface area contributed by atoms with Gasteiger partial charge in [-0.15, -0.1) is 0 Å². The molecule has 0 bridgehead atoms. The van der Waals surface area contributed by atoms with E-state index in [0.29, 0.717) is 0 Å². The Labute approximate surface area is 119 Å². The Kier molecular flexibility index (Phi) is 7.18. The third kappa shape index (κ3) is 6.29. The van der Waals surface area contributed by atoms with E-state index in [4.69, 9.17) is 5.73 Å². The van der Waals surface area contributed by atoms with Crippen molar-refractivity contribution in [1.29, 1.82) is 0 Å². The number of halogens is 1. The lowest BCUT2D eigenvalue weighted by Gasteiger charge is -2.10. The smallest absolute Gasteiger partial charge is 0.0585 e. The SMILES string of the molecule is CC(C)CCCCCCNc1cc(Br)ccc1N. The Morgan fingerprint density at radius 3 is 2.61 bits per heavy atom. The number of rotatable bonds is 8. The molecule has 2 nitrogen and oxygen atoms in total. The summed E-state index contributed by atoms with van der Waals surface area (Å²) in [6, 6.07) is 5.93. The number of unbranched alkanes of at least 4 members (excludes halogenated alkanes) is 3. The first kappa shape index (κ1) is 15.4. The highest BCUT2D eigenvalue weighted by Crippen LogP contribution is 2.23. The van der Waals surface area contributed by atoms with Crippen LogP contribution < -0.4 is 11.1 Å². The summed E-state index contributed by atoms with van der Waals surface area (Å²) >= 11 is 3.46. The Balaban J connectivity index is 2.12. The van der Waals surface area contributed by atoms with Gasteiger partial charge in [0.05, 0.1) is 11.4 Å². The molecule has 3 N–H and O–H groups in total. The second kappa shape index (κ2) is 8.41. The number of nitrogens with two attached hydrogens (primary N) is 1. The van der Waals surface area contributed by atoms with Gasteiger partial charge in [0.1, 0.15) is 0 Å². The average molecular weight is 313 g/mol. The second-order valence-electron chi connectivity index (χ2n) is 5.26. The summed E-state index contributed by atoms with van der Waals surface area (Å²) < 4.78 is 1.07. The number of anilines is 2. The zero-order valence-electron chi connectivity index (χ0n) is 11.5. The van der Waals surface area contributed by atoms with Crippen molar-refractivity contribution in [3.63, 3.8) is 0 Å². The molecule has 1 aromatic rings. The van der Waals surface area contributed by atoms with Crippen molar-refractivity contribution in [1.82, 2.24) is 0 Å². The molecule has 0 amide bonds. The molecule has 3 heteroatoms. The molecular weight excluding hydrogens is 288 g/mol. The zero-order chi connectivity index (χ0) is 13.4. The van der Waals surface area contributed by atoms with Gasteiger partial charge in [-0.25, -0.2) is 0 Å². The van der Waals surface area contributed by atoms with E-state index in [9.17, 15) is 0 Å². The minimum absolute atomic E-state index is 0.818. The monoisotopic (exact) mass is 312 g/mol. The summed E-state index contributed by atoms with van der Waals surface area (Å²) in [5, 5.41) is 3.40. The van der Waals surface area contributed by atoms with Crippen LogP contribution in [0, 0.1) is 5.92 Å². The molecular formula is C15H25BrN2. The maximum Gasteiger partial charge on any atom is 0.0585 e. The lowest BCUT2D eigenvalue weighted by molar-refractivity contribution is 0.523. The number of nitrogens with one attached hydrogen (secondary N) is 1. The molecule has 0 radical (unpaired) electrons. The molecule has 0 unspecified atom stereocenters. The fourth-order valence-electron chi connectivity index (χ4n) is 1.94. The Bertz CT molecular complexity index is 350. The third-order valence-corrected chi connectivity index (χ3v) is 3.53. The van der Waals surface area contributed by atoms with Crippen molar-refractivity contribution >= 4 is 27.3 Å². The summed E-state index contributed by atoms with van der Waals surface area (Å²) in [7, 11) is 0. The van der Waals surface area contributed by atoms with Gasteiger partial charge in [-0.1, -0.05) is 55.5 Å². The Morgan fingerprint density at radius 2 is 1.89 bits per heavy atom. The summed E-state index contributed by atoms with van der Waals surface area (Å²) in [6.07, 6.45) is 6.56. The largest absolute Gasteiger partial charge is 0.397 e. The number of nitrogen functional groups attached to an aromatic ring is 1. The molecule has 0 aromatic heterocycles. The molecule has 0 fully saturated rings. The standard InChI is InChI=1S/C15H25BrN2/c1-12(2)7-5-3-4-6-10-18-15-11-13(16)8-9-14(15)17/h8-9,11-12,18H,3-7,10,17H2,1-2H3. The topological polar surface area (TPSA) is 38.0 Å². The Hall–Kier alpha value is -0.700. The van der Waals surface area contributed by atoms with Crippen LogP contribution in [0.4, 0.5) is 11.4 Å². The molecule has 0 saturated carbocycles. The fourth-order valence-corrected chi connectivity index (χ4v) is 2.30. The van der Waals surface area contributed by atoms with Gasteiger partial charge < -0.3 is 11.1 Å². The van der Waals surface area contributed by atoms with Gasteiger partial charge in [0, 0.05) is 11.0 Å². The van der Waals surface area contributed by atoms with Crippen molar-refractivity contribution in [3.8, 4) is 0 Å². The van der Waals surface area contributed by atoms with Crippen LogP contribution in [-0.2, 0) is 0 Å². The summed E-state index contributed by atoms with van der Waals surface area (Å²) in [5.41, 5.74) is 7.75. The number of benzene rings is 1. The molecule has 0 spiro atoms. The molecule has 1 rings (SSSR count). The van der Waals surface area contributed by atoms with Crippen molar-refractivity contribution in [2.75, 3.05) is 17.6 Å². The lowest BCUT2D eigenvalue weighted by atomic mass is 10.0.